The van der Waals surface area contributed by atoms with Crippen molar-refractivity contribution in [2.45, 2.75) is 13.8 Å². The molecule has 0 spiro atoms. The third kappa shape index (κ3) is 3.30. The number of carbonyl (C=O) groups is 1. The number of nitrogens with zero attached hydrogens (tertiary/aromatic N) is 2. The van der Waals surface area contributed by atoms with Crippen LogP contribution in [-0.4, -0.2) is 22.6 Å². The number of aryl methyl sites for hydroxylation is 2. The van der Waals surface area contributed by atoms with Crippen molar-refractivity contribution in [2.75, 3.05) is 12.4 Å². The quantitative estimate of drug-likeness (QED) is 0.796. The van der Waals surface area contributed by atoms with Crippen molar-refractivity contribution in [1.29, 1.82) is 0 Å². The van der Waals surface area contributed by atoms with Gasteiger partial charge in [0.2, 0.25) is 0 Å². The van der Waals surface area contributed by atoms with Gasteiger partial charge in [-0.15, -0.1) is 0 Å². The second-order valence-electron chi connectivity index (χ2n) is 5.63. The predicted molar refractivity (Wildman–Crippen MR) is 94.0 cm³/mol. The lowest BCUT2D eigenvalue weighted by Gasteiger charge is -2.12. The molecule has 0 unspecified atom stereocenters. The van der Waals surface area contributed by atoms with Crippen molar-refractivity contribution in [2.24, 2.45) is 0 Å². The van der Waals surface area contributed by atoms with Crippen LogP contribution in [0.15, 0.2) is 55.0 Å². The van der Waals surface area contributed by atoms with Crippen molar-refractivity contribution in [3.63, 3.8) is 0 Å². The summed E-state index contributed by atoms with van der Waals surface area (Å²) in [5, 5.41) is 2.89. The minimum atomic E-state index is -0.150. The molecule has 1 heterocycles. The summed E-state index contributed by atoms with van der Waals surface area (Å²) in [7, 11) is 1.61. The molecule has 0 aliphatic rings. The van der Waals surface area contributed by atoms with Crippen molar-refractivity contribution < 1.29 is 9.53 Å². The van der Waals surface area contributed by atoms with Crippen LogP contribution < -0.4 is 10.1 Å². The standard InChI is InChI=1S/C19H19N3O2/c1-13-4-6-15(7-5-13)19(23)21-16-8-9-17(18(10-16)24-3)22-11-14(2)20-12-22/h4-12H,1-3H3,(H,21,23). The van der Waals surface area contributed by atoms with E-state index in [1.54, 1.807) is 19.5 Å². The van der Waals surface area contributed by atoms with E-state index in [-0.39, 0.29) is 5.91 Å². The Morgan fingerprint density at radius 2 is 1.88 bits per heavy atom. The van der Waals surface area contributed by atoms with E-state index in [9.17, 15) is 4.79 Å². The molecule has 0 fully saturated rings. The first-order valence-corrected chi connectivity index (χ1v) is 7.64. The van der Waals surface area contributed by atoms with Gasteiger partial charge < -0.3 is 14.6 Å². The predicted octanol–water partition coefficient (Wildman–Crippen LogP) is 3.75. The highest BCUT2D eigenvalue weighted by Crippen LogP contribution is 2.27. The van der Waals surface area contributed by atoms with E-state index in [0.717, 1.165) is 16.9 Å². The molecule has 0 radical (unpaired) electrons. The number of hydrogen-bond donors (Lipinski definition) is 1. The number of benzene rings is 2. The molecule has 1 N–H and O–H groups in total. The van der Waals surface area contributed by atoms with Crippen LogP contribution in [0.5, 0.6) is 5.75 Å². The van der Waals surface area contributed by atoms with Crippen LogP contribution in [0.1, 0.15) is 21.6 Å². The average Bonchev–Trinajstić information content (AvgIpc) is 3.01. The molecule has 0 aliphatic heterocycles. The number of nitrogens with one attached hydrogen (secondary N) is 1. The molecule has 5 heteroatoms. The maximum Gasteiger partial charge on any atom is 0.255 e. The van der Waals surface area contributed by atoms with Crippen LogP contribution >= 0.6 is 0 Å². The van der Waals surface area contributed by atoms with Crippen LogP contribution in [0.4, 0.5) is 5.69 Å². The lowest BCUT2D eigenvalue weighted by Crippen LogP contribution is -2.12. The van der Waals surface area contributed by atoms with Crippen molar-refractivity contribution in [3.8, 4) is 11.4 Å². The van der Waals surface area contributed by atoms with Crippen molar-refractivity contribution >= 4 is 11.6 Å². The van der Waals surface area contributed by atoms with Crippen LogP contribution in [0.2, 0.25) is 0 Å². The van der Waals surface area contributed by atoms with E-state index in [1.807, 2.05) is 61.0 Å². The fourth-order valence-electron chi connectivity index (χ4n) is 2.43. The van der Waals surface area contributed by atoms with Gasteiger partial charge in [-0.3, -0.25) is 4.79 Å². The minimum absolute atomic E-state index is 0.150. The van der Waals surface area contributed by atoms with Gasteiger partial charge in [0.25, 0.3) is 5.91 Å². The Bertz CT molecular complexity index is 867. The highest BCUT2D eigenvalue weighted by Gasteiger charge is 2.10. The van der Waals surface area contributed by atoms with Gasteiger partial charge in [0.15, 0.2) is 0 Å². The maximum absolute atomic E-state index is 12.3. The summed E-state index contributed by atoms with van der Waals surface area (Å²) in [6.07, 6.45) is 3.65. The summed E-state index contributed by atoms with van der Waals surface area (Å²) in [5.41, 5.74) is 4.21. The topological polar surface area (TPSA) is 56.1 Å². The largest absolute Gasteiger partial charge is 0.494 e. The maximum atomic E-state index is 12.3. The number of imidazole rings is 1. The second kappa shape index (κ2) is 6.58. The highest BCUT2D eigenvalue weighted by atomic mass is 16.5. The number of anilines is 1. The van der Waals surface area contributed by atoms with Gasteiger partial charge in [0.1, 0.15) is 5.75 Å². The van der Waals surface area contributed by atoms with Crippen LogP contribution in [-0.2, 0) is 0 Å². The van der Waals surface area contributed by atoms with E-state index in [0.29, 0.717) is 17.0 Å². The highest BCUT2D eigenvalue weighted by molar-refractivity contribution is 6.04. The molecule has 1 amide bonds. The third-order valence-corrected chi connectivity index (χ3v) is 3.74. The summed E-state index contributed by atoms with van der Waals surface area (Å²) >= 11 is 0. The van der Waals surface area contributed by atoms with E-state index >= 15 is 0 Å². The number of amides is 1. The van der Waals surface area contributed by atoms with Crippen LogP contribution in [0, 0.1) is 13.8 Å². The fraction of sp³-hybridized carbons (Fsp3) is 0.158. The van der Waals surface area contributed by atoms with Gasteiger partial charge in [-0.25, -0.2) is 4.98 Å². The second-order valence-corrected chi connectivity index (χ2v) is 5.63. The number of ether oxygens (including phenoxy) is 1. The van der Waals surface area contributed by atoms with E-state index in [4.69, 9.17) is 4.74 Å². The first kappa shape index (κ1) is 15.8. The zero-order valence-electron chi connectivity index (χ0n) is 13.9. The van der Waals surface area contributed by atoms with E-state index in [2.05, 4.69) is 10.3 Å². The van der Waals surface area contributed by atoms with E-state index in [1.165, 1.54) is 0 Å². The molecule has 3 rings (SSSR count). The number of methoxy groups -OCH3 is 1. The summed E-state index contributed by atoms with van der Waals surface area (Å²) in [4.78, 5) is 16.5. The Labute approximate surface area is 140 Å². The molecular weight excluding hydrogens is 302 g/mol. The minimum Gasteiger partial charge on any atom is -0.494 e. The molecule has 24 heavy (non-hydrogen) atoms. The summed E-state index contributed by atoms with van der Waals surface area (Å²) in [6, 6.07) is 13.0. The Balaban J connectivity index is 1.84. The Hall–Kier alpha value is -3.08. The Kier molecular flexibility index (Phi) is 4.33. The van der Waals surface area contributed by atoms with Gasteiger partial charge in [0.05, 0.1) is 24.8 Å². The van der Waals surface area contributed by atoms with E-state index < -0.39 is 0 Å². The first-order valence-electron chi connectivity index (χ1n) is 7.64. The van der Waals surface area contributed by atoms with Crippen molar-refractivity contribution in [1.82, 2.24) is 9.55 Å². The Morgan fingerprint density at radius 3 is 2.50 bits per heavy atom. The summed E-state index contributed by atoms with van der Waals surface area (Å²) < 4.78 is 7.34. The Morgan fingerprint density at radius 1 is 1.12 bits per heavy atom. The number of rotatable bonds is 4. The molecular formula is C19H19N3O2. The summed E-state index contributed by atoms with van der Waals surface area (Å²) in [6.45, 7) is 3.92. The monoisotopic (exact) mass is 321 g/mol. The molecule has 1 aromatic heterocycles. The third-order valence-electron chi connectivity index (χ3n) is 3.74. The normalized spacial score (nSPS) is 10.5. The van der Waals surface area contributed by atoms with Gasteiger partial charge in [-0.2, -0.15) is 0 Å². The lowest BCUT2D eigenvalue weighted by molar-refractivity contribution is 0.102. The molecule has 0 atom stereocenters. The number of aromatic nitrogens is 2. The zero-order valence-corrected chi connectivity index (χ0v) is 13.9. The van der Waals surface area contributed by atoms with Crippen LogP contribution in [0.25, 0.3) is 5.69 Å². The molecule has 0 aliphatic carbocycles. The molecule has 0 saturated carbocycles. The molecule has 2 aromatic carbocycles. The smallest absolute Gasteiger partial charge is 0.255 e. The molecule has 122 valence electrons. The average molecular weight is 321 g/mol. The van der Waals surface area contributed by atoms with Gasteiger partial charge in [-0.1, -0.05) is 17.7 Å². The fourth-order valence-corrected chi connectivity index (χ4v) is 2.43. The molecule has 5 nitrogen and oxygen atoms in total. The molecule has 0 bridgehead atoms. The van der Waals surface area contributed by atoms with Gasteiger partial charge in [0, 0.05) is 23.5 Å². The summed E-state index contributed by atoms with van der Waals surface area (Å²) in [5.74, 6) is 0.511. The van der Waals surface area contributed by atoms with Gasteiger partial charge >= 0.3 is 0 Å². The molecule has 3 aromatic rings. The van der Waals surface area contributed by atoms with Gasteiger partial charge in [-0.05, 0) is 38.1 Å². The zero-order chi connectivity index (χ0) is 17.1. The lowest BCUT2D eigenvalue weighted by atomic mass is 10.1. The van der Waals surface area contributed by atoms with Crippen LogP contribution in [0.3, 0.4) is 0 Å². The first-order chi connectivity index (χ1) is 11.6. The number of hydrogen-bond acceptors (Lipinski definition) is 3. The SMILES string of the molecule is COc1cc(NC(=O)c2ccc(C)cc2)ccc1-n1cnc(C)c1. The van der Waals surface area contributed by atoms with Crippen molar-refractivity contribution in [3.05, 3.63) is 71.8 Å². The number of carbonyl (C=O) groups excluding carboxylic acids is 1. The molecule has 0 saturated heterocycles.